The van der Waals surface area contributed by atoms with Crippen molar-refractivity contribution >= 4 is 23.4 Å². The number of benzene rings is 2. The summed E-state index contributed by atoms with van der Waals surface area (Å²) in [5, 5.41) is 15.4. The summed E-state index contributed by atoms with van der Waals surface area (Å²) in [7, 11) is 0. The second-order valence-electron chi connectivity index (χ2n) is 8.62. The Bertz CT molecular complexity index is 1180. The van der Waals surface area contributed by atoms with Crippen LogP contribution in [-0.2, 0) is 6.54 Å². The standard InChI is InChI=1S/C27H28N6O2/c28-16-20-6-15-25(30-18-20)32-22-9-13-24(14-10-22)33(23-11-7-21(8-12-23)26(29)34)27(35)31-17-19-4-2-1-3-5-19/h1-8,11-12,15,18,22,24H,9-10,13-14,17H2,(H2,29,34)(H,30,32)(H,31,35)/t22-,24-. The number of nitrogens with zero attached hydrogens (tertiary/aromatic N) is 3. The van der Waals surface area contributed by atoms with Crippen molar-refractivity contribution in [1.29, 1.82) is 5.26 Å². The van der Waals surface area contributed by atoms with Gasteiger partial charge in [-0.1, -0.05) is 30.3 Å². The SMILES string of the molecule is N#Cc1ccc(N[C@H]2CC[C@H](N(C(=O)NCc3ccccc3)c3ccc(C(N)=O)cc3)CC2)nc1. The largest absolute Gasteiger partial charge is 0.367 e. The Morgan fingerprint density at radius 3 is 2.31 bits per heavy atom. The van der Waals surface area contributed by atoms with Crippen LogP contribution in [0, 0.1) is 11.3 Å². The van der Waals surface area contributed by atoms with Gasteiger partial charge in [0.1, 0.15) is 11.9 Å². The zero-order chi connectivity index (χ0) is 24.6. The van der Waals surface area contributed by atoms with Crippen molar-refractivity contribution in [2.24, 2.45) is 5.73 Å². The Kier molecular flexibility index (Phi) is 7.58. The van der Waals surface area contributed by atoms with E-state index in [1.165, 1.54) is 0 Å². The van der Waals surface area contributed by atoms with Gasteiger partial charge >= 0.3 is 6.03 Å². The molecule has 3 amide bonds. The van der Waals surface area contributed by atoms with E-state index in [2.05, 4.69) is 21.7 Å². The third kappa shape index (κ3) is 6.15. The molecule has 0 aliphatic heterocycles. The van der Waals surface area contributed by atoms with Gasteiger partial charge in [-0.25, -0.2) is 9.78 Å². The number of hydrogen-bond donors (Lipinski definition) is 3. The van der Waals surface area contributed by atoms with Crippen LogP contribution in [0.3, 0.4) is 0 Å². The maximum atomic E-state index is 13.3. The number of carbonyl (C=O) groups excluding carboxylic acids is 2. The van der Waals surface area contributed by atoms with Gasteiger partial charge < -0.3 is 16.4 Å². The number of carbonyl (C=O) groups is 2. The van der Waals surface area contributed by atoms with Gasteiger partial charge in [0, 0.05) is 36.1 Å². The number of nitrogens with one attached hydrogen (secondary N) is 2. The smallest absolute Gasteiger partial charge is 0.322 e. The molecular weight excluding hydrogens is 440 g/mol. The number of nitriles is 1. The molecule has 0 atom stereocenters. The van der Waals surface area contributed by atoms with Gasteiger partial charge in [-0.2, -0.15) is 5.26 Å². The predicted molar refractivity (Wildman–Crippen MR) is 135 cm³/mol. The second kappa shape index (κ2) is 11.2. The van der Waals surface area contributed by atoms with Crippen molar-refractivity contribution in [2.75, 3.05) is 10.2 Å². The molecule has 0 radical (unpaired) electrons. The fourth-order valence-electron chi connectivity index (χ4n) is 4.37. The van der Waals surface area contributed by atoms with Gasteiger partial charge in [0.25, 0.3) is 0 Å². The summed E-state index contributed by atoms with van der Waals surface area (Å²) < 4.78 is 0. The normalized spacial score (nSPS) is 17.1. The van der Waals surface area contributed by atoms with E-state index in [1.54, 1.807) is 41.4 Å². The van der Waals surface area contributed by atoms with Crippen molar-refractivity contribution in [2.45, 2.75) is 44.3 Å². The first kappa shape index (κ1) is 23.8. The maximum absolute atomic E-state index is 13.3. The summed E-state index contributed by atoms with van der Waals surface area (Å²) in [6, 6.07) is 22.3. The Hall–Kier alpha value is -4.38. The molecule has 1 fully saturated rings. The van der Waals surface area contributed by atoms with Crippen LogP contribution >= 0.6 is 0 Å². The van der Waals surface area contributed by atoms with E-state index in [0.29, 0.717) is 17.7 Å². The zero-order valence-electron chi connectivity index (χ0n) is 19.4. The summed E-state index contributed by atoms with van der Waals surface area (Å²) in [4.78, 5) is 30.9. The van der Waals surface area contributed by atoms with E-state index in [1.807, 2.05) is 36.4 Å². The van der Waals surface area contributed by atoms with Crippen LogP contribution in [0.2, 0.25) is 0 Å². The molecule has 0 saturated heterocycles. The van der Waals surface area contributed by atoms with Crippen molar-refractivity contribution in [1.82, 2.24) is 10.3 Å². The van der Waals surface area contributed by atoms with E-state index >= 15 is 0 Å². The molecule has 8 heteroatoms. The number of anilines is 2. The number of primary amides is 1. The Morgan fingerprint density at radius 1 is 1.00 bits per heavy atom. The third-order valence-electron chi connectivity index (χ3n) is 6.24. The molecule has 0 unspecified atom stereocenters. The van der Waals surface area contributed by atoms with Gasteiger partial charge in [-0.05, 0) is 67.6 Å². The molecule has 3 aromatic rings. The third-order valence-corrected chi connectivity index (χ3v) is 6.24. The summed E-state index contributed by atoms with van der Waals surface area (Å²) >= 11 is 0. The lowest BCUT2D eigenvalue weighted by atomic mass is 9.89. The quantitative estimate of drug-likeness (QED) is 0.480. The van der Waals surface area contributed by atoms with Crippen LogP contribution in [0.4, 0.5) is 16.3 Å². The van der Waals surface area contributed by atoms with Crippen LogP contribution in [0.15, 0.2) is 72.9 Å². The molecule has 4 rings (SSSR count). The second-order valence-corrected chi connectivity index (χ2v) is 8.62. The van der Waals surface area contributed by atoms with Gasteiger partial charge in [0.15, 0.2) is 0 Å². The van der Waals surface area contributed by atoms with Gasteiger partial charge in [0.05, 0.1) is 5.56 Å². The minimum Gasteiger partial charge on any atom is -0.367 e. The van der Waals surface area contributed by atoms with Crippen molar-refractivity contribution in [3.63, 3.8) is 0 Å². The van der Waals surface area contributed by atoms with Gasteiger partial charge in [-0.15, -0.1) is 0 Å². The van der Waals surface area contributed by atoms with Gasteiger partial charge in [-0.3, -0.25) is 9.69 Å². The molecule has 0 spiro atoms. The molecule has 35 heavy (non-hydrogen) atoms. The molecule has 4 N–H and O–H groups in total. The minimum absolute atomic E-state index is 0.0113. The highest BCUT2D eigenvalue weighted by molar-refractivity contribution is 5.95. The fraction of sp³-hybridized carbons (Fsp3) is 0.259. The van der Waals surface area contributed by atoms with Crippen LogP contribution in [-0.4, -0.2) is 29.0 Å². The number of hydrogen-bond acceptors (Lipinski definition) is 5. The van der Waals surface area contributed by atoms with Crippen molar-refractivity contribution in [3.8, 4) is 6.07 Å². The molecule has 1 saturated carbocycles. The maximum Gasteiger partial charge on any atom is 0.322 e. The average molecular weight is 469 g/mol. The highest BCUT2D eigenvalue weighted by Crippen LogP contribution is 2.29. The highest BCUT2D eigenvalue weighted by Gasteiger charge is 2.30. The van der Waals surface area contributed by atoms with Crippen molar-refractivity contribution in [3.05, 3.63) is 89.6 Å². The van der Waals surface area contributed by atoms with Gasteiger partial charge in [0.2, 0.25) is 5.91 Å². The number of nitrogens with two attached hydrogens (primary N) is 1. The summed E-state index contributed by atoms with van der Waals surface area (Å²) in [6.45, 7) is 0.427. The minimum atomic E-state index is -0.500. The lowest BCUT2D eigenvalue weighted by Crippen LogP contribution is -2.48. The highest BCUT2D eigenvalue weighted by atomic mass is 16.2. The monoisotopic (exact) mass is 468 g/mol. The lowest BCUT2D eigenvalue weighted by Gasteiger charge is -2.37. The molecule has 178 valence electrons. The summed E-state index contributed by atoms with van der Waals surface area (Å²) in [5.74, 6) is 0.242. The van der Waals surface area contributed by atoms with Crippen LogP contribution < -0.4 is 21.3 Å². The molecular formula is C27H28N6O2. The first-order valence-electron chi connectivity index (χ1n) is 11.7. The van der Waals surface area contributed by atoms with E-state index in [9.17, 15) is 9.59 Å². The van der Waals surface area contributed by atoms with Crippen molar-refractivity contribution < 1.29 is 9.59 Å². The number of rotatable bonds is 7. The first-order valence-corrected chi connectivity index (χ1v) is 11.7. The van der Waals surface area contributed by atoms with E-state index in [4.69, 9.17) is 11.0 Å². The van der Waals surface area contributed by atoms with E-state index < -0.39 is 5.91 Å². The number of pyridine rings is 1. The molecule has 1 aromatic heterocycles. The first-order chi connectivity index (χ1) is 17.0. The molecule has 1 aliphatic carbocycles. The molecule has 8 nitrogen and oxygen atoms in total. The molecule has 1 heterocycles. The van der Waals surface area contributed by atoms with Crippen LogP contribution in [0.25, 0.3) is 0 Å². The summed E-state index contributed by atoms with van der Waals surface area (Å²) in [5.41, 5.74) is 8.07. The Labute approximate surface area is 204 Å². The fourth-order valence-corrected chi connectivity index (χ4v) is 4.37. The van der Waals surface area contributed by atoms with E-state index in [-0.39, 0.29) is 18.1 Å². The predicted octanol–water partition coefficient (Wildman–Crippen LogP) is 4.19. The topological polar surface area (TPSA) is 124 Å². The van der Waals surface area contributed by atoms with E-state index in [0.717, 1.165) is 42.8 Å². The Balaban J connectivity index is 1.44. The summed E-state index contributed by atoms with van der Waals surface area (Å²) in [6.07, 6.45) is 4.92. The van der Waals surface area contributed by atoms with Crippen LogP contribution in [0.5, 0.6) is 0 Å². The van der Waals surface area contributed by atoms with Crippen LogP contribution in [0.1, 0.15) is 47.2 Å². The lowest BCUT2D eigenvalue weighted by molar-refractivity contribution is 0.100. The Morgan fingerprint density at radius 2 is 1.71 bits per heavy atom. The number of urea groups is 1. The molecule has 2 aromatic carbocycles. The average Bonchev–Trinajstić information content (AvgIpc) is 2.90. The zero-order valence-corrected chi connectivity index (χ0v) is 19.4. The molecule has 1 aliphatic rings. The number of amides is 3. The molecule has 0 bridgehead atoms. The number of aromatic nitrogens is 1.